The second-order valence-corrected chi connectivity index (χ2v) is 5.51. The summed E-state index contributed by atoms with van der Waals surface area (Å²) in [6.07, 6.45) is 2.03. The average molecular weight is 267 g/mol. The highest BCUT2D eigenvalue weighted by Crippen LogP contribution is 2.31. The Balaban J connectivity index is 1.71. The smallest absolute Gasteiger partial charge is 0.271 e. The lowest BCUT2D eigenvalue weighted by atomic mass is 10.0. The van der Waals surface area contributed by atoms with Crippen molar-refractivity contribution in [2.75, 3.05) is 13.1 Å². The van der Waals surface area contributed by atoms with Gasteiger partial charge in [0, 0.05) is 25.8 Å². The summed E-state index contributed by atoms with van der Waals surface area (Å²) in [6, 6.07) is 14.7. The minimum atomic E-state index is 0.142. The summed E-state index contributed by atoms with van der Waals surface area (Å²) >= 11 is 0. The van der Waals surface area contributed by atoms with Crippen LogP contribution in [0.15, 0.2) is 48.7 Å². The van der Waals surface area contributed by atoms with E-state index in [4.69, 9.17) is 0 Å². The lowest BCUT2D eigenvalue weighted by Gasteiger charge is -2.38. The summed E-state index contributed by atoms with van der Waals surface area (Å²) in [6.45, 7) is 2.50. The maximum Gasteiger partial charge on any atom is 0.271 e. The number of aromatic nitrogens is 1. The fourth-order valence-electron chi connectivity index (χ4n) is 3.38. The second kappa shape index (κ2) is 4.49. The first-order valence-electron chi connectivity index (χ1n) is 7.07. The maximum absolute atomic E-state index is 12.7. The van der Waals surface area contributed by atoms with E-state index in [1.54, 1.807) is 0 Å². The largest absolute Gasteiger partial charge is 0.337 e. The summed E-state index contributed by atoms with van der Waals surface area (Å²) in [5, 5.41) is 3.42. The topological polar surface area (TPSA) is 37.3 Å². The number of benzene rings is 1. The zero-order valence-corrected chi connectivity index (χ0v) is 11.2. The van der Waals surface area contributed by atoms with Crippen LogP contribution in [0.4, 0.5) is 0 Å². The molecule has 3 heterocycles. The number of hydrogen-bond acceptors (Lipinski definition) is 2. The summed E-state index contributed by atoms with van der Waals surface area (Å²) in [4.78, 5) is 14.7. The van der Waals surface area contributed by atoms with Gasteiger partial charge < -0.3 is 14.8 Å². The number of nitrogens with zero attached hydrogens (tertiary/aromatic N) is 2. The molecule has 20 heavy (non-hydrogen) atoms. The van der Waals surface area contributed by atoms with Crippen molar-refractivity contribution >= 4 is 5.91 Å². The fraction of sp³-hybridized carbons (Fsp3) is 0.312. The van der Waals surface area contributed by atoms with Crippen molar-refractivity contribution in [1.29, 1.82) is 0 Å². The van der Waals surface area contributed by atoms with Crippen LogP contribution in [0.5, 0.6) is 0 Å². The maximum atomic E-state index is 12.7. The standard InChI is InChI=1S/C16H17N3O/c20-16-13-7-4-8-18(13)14-9-17-10-15(14)19(16)11-12-5-2-1-3-6-12/h1-8,14-15,17H,9-11H2/t14-,15-/m0/s1. The minimum Gasteiger partial charge on any atom is -0.337 e. The molecule has 102 valence electrons. The Morgan fingerprint density at radius 1 is 1.05 bits per heavy atom. The normalized spacial score (nSPS) is 24.6. The molecule has 1 N–H and O–H groups in total. The number of amides is 1. The van der Waals surface area contributed by atoms with Gasteiger partial charge in [0.15, 0.2) is 0 Å². The van der Waals surface area contributed by atoms with Gasteiger partial charge in [-0.05, 0) is 17.7 Å². The third kappa shape index (κ3) is 1.68. The van der Waals surface area contributed by atoms with Crippen LogP contribution in [-0.2, 0) is 6.54 Å². The van der Waals surface area contributed by atoms with Gasteiger partial charge in [0.2, 0.25) is 0 Å². The number of nitrogens with one attached hydrogen (secondary N) is 1. The van der Waals surface area contributed by atoms with Crippen LogP contribution in [-0.4, -0.2) is 34.5 Å². The van der Waals surface area contributed by atoms with Gasteiger partial charge in [-0.2, -0.15) is 0 Å². The van der Waals surface area contributed by atoms with Gasteiger partial charge in [-0.3, -0.25) is 4.79 Å². The molecule has 1 aromatic carbocycles. The van der Waals surface area contributed by atoms with Gasteiger partial charge in [-0.15, -0.1) is 0 Å². The molecule has 0 radical (unpaired) electrons. The molecule has 0 spiro atoms. The Bertz CT molecular complexity index is 634. The Labute approximate surface area is 118 Å². The summed E-state index contributed by atoms with van der Waals surface area (Å²) in [5.41, 5.74) is 2.00. The van der Waals surface area contributed by atoms with E-state index in [1.165, 1.54) is 5.56 Å². The van der Waals surface area contributed by atoms with E-state index in [-0.39, 0.29) is 11.9 Å². The highest BCUT2D eigenvalue weighted by Gasteiger charge is 2.41. The van der Waals surface area contributed by atoms with Crippen LogP contribution in [0.25, 0.3) is 0 Å². The molecule has 2 aromatic rings. The van der Waals surface area contributed by atoms with Crippen LogP contribution in [0.1, 0.15) is 22.1 Å². The predicted molar refractivity (Wildman–Crippen MR) is 76.4 cm³/mol. The van der Waals surface area contributed by atoms with E-state index in [2.05, 4.69) is 22.0 Å². The minimum absolute atomic E-state index is 0.142. The van der Waals surface area contributed by atoms with Crippen molar-refractivity contribution in [2.24, 2.45) is 0 Å². The Morgan fingerprint density at radius 3 is 2.70 bits per heavy atom. The average Bonchev–Trinajstić information content (AvgIpc) is 3.12. The van der Waals surface area contributed by atoms with Crippen molar-refractivity contribution in [1.82, 2.24) is 14.8 Å². The van der Waals surface area contributed by atoms with Gasteiger partial charge in [0.1, 0.15) is 5.69 Å². The second-order valence-electron chi connectivity index (χ2n) is 5.51. The van der Waals surface area contributed by atoms with Crippen LogP contribution in [0.2, 0.25) is 0 Å². The van der Waals surface area contributed by atoms with Crippen molar-refractivity contribution in [2.45, 2.75) is 18.6 Å². The van der Waals surface area contributed by atoms with E-state index < -0.39 is 0 Å². The molecule has 0 saturated carbocycles. The van der Waals surface area contributed by atoms with Crippen molar-refractivity contribution < 1.29 is 4.79 Å². The molecule has 2 atom stereocenters. The third-order valence-electron chi connectivity index (χ3n) is 4.36. The lowest BCUT2D eigenvalue weighted by Crippen LogP contribution is -2.49. The van der Waals surface area contributed by atoms with Gasteiger partial charge >= 0.3 is 0 Å². The molecule has 2 aliphatic rings. The number of carbonyl (C=O) groups excluding carboxylic acids is 1. The Morgan fingerprint density at radius 2 is 1.85 bits per heavy atom. The zero-order chi connectivity index (χ0) is 13.5. The molecule has 0 aliphatic carbocycles. The molecule has 2 aliphatic heterocycles. The highest BCUT2D eigenvalue weighted by molar-refractivity contribution is 5.94. The SMILES string of the molecule is O=C1c2cccn2[C@H]2CNC[C@@H]2N1Cc1ccccc1. The van der Waals surface area contributed by atoms with E-state index in [0.29, 0.717) is 12.6 Å². The number of fused-ring (bicyclic) bond motifs is 3. The molecule has 0 unspecified atom stereocenters. The fourth-order valence-corrected chi connectivity index (χ4v) is 3.38. The van der Waals surface area contributed by atoms with E-state index in [0.717, 1.165) is 18.8 Å². The number of hydrogen-bond donors (Lipinski definition) is 1. The Kier molecular flexibility index (Phi) is 2.63. The molecular weight excluding hydrogens is 250 g/mol. The van der Waals surface area contributed by atoms with Crippen LogP contribution in [0.3, 0.4) is 0 Å². The van der Waals surface area contributed by atoms with E-state index in [1.807, 2.05) is 41.4 Å². The third-order valence-corrected chi connectivity index (χ3v) is 4.36. The van der Waals surface area contributed by atoms with Crippen molar-refractivity contribution in [3.8, 4) is 0 Å². The molecule has 4 rings (SSSR count). The monoisotopic (exact) mass is 267 g/mol. The first kappa shape index (κ1) is 11.7. The van der Waals surface area contributed by atoms with Crippen molar-refractivity contribution in [3.05, 3.63) is 59.9 Å². The lowest BCUT2D eigenvalue weighted by molar-refractivity contribution is 0.0561. The molecule has 1 fully saturated rings. The first-order chi connectivity index (χ1) is 9.84. The van der Waals surface area contributed by atoms with Gasteiger partial charge in [-0.1, -0.05) is 30.3 Å². The van der Waals surface area contributed by atoms with E-state index >= 15 is 0 Å². The number of rotatable bonds is 2. The molecule has 0 bridgehead atoms. The molecule has 1 aromatic heterocycles. The molecular formula is C16H17N3O. The van der Waals surface area contributed by atoms with Gasteiger partial charge in [0.25, 0.3) is 5.91 Å². The van der Waals surface area contributed by atoms with Crippen LogP contribution < -0.4 is 5.32 Å². The molecule has 1 saturated heterocycles. The quantitative estimate of drug-likeness (QED) is 0.898. The van der Waals surface area contributed by atoms with Crippen LogP contribution >= 0.6 is 0 Å². The molecule has 1 amide bonds. The number of carbonyl (C=O) groups is 1. The van der Waals surface area contributed by atoms with Gasteiger partial charge in [0.05, 0.1) is 12.1 Å². The summed E-state index contributed by atoms with van der Waals surface area (Å²) in [7, 11) is 0. The predicted octanol–water partition coefficient (Wildman–Crippen LogP) is 1.66. The molecule has 4 nitrogen and oxygen atoms in total. The van der Waals surface area contributed by atoms with Crippen LogP contribution in [0, 0.1) is 0 Å². The highest BCUT2D eigenvalue weighted by atomic mass is 16.2. The summed E-state index contributed by atoms with van der Waals surface area (Å²) in [5.74, 6) is 0.142. The van der Waals surface area contributed by atoms with Gasteiger partial charge in [-0.25, -0.2) is 0 Å². The molecule has 4 heteroatoms. The summed E-state index contributed by atoms with van der Waals surface area (Å²) < 4.78 is 2.13. The Hall–Kier alpha value is -2.07. The zero-order valence-electron chi connectivity index (χ0n) is 11.2. The van der Waals surface area contributed by atoms with Crippen molar-refractivity contribution in [3.63, 3.8) is 0 Å². The van der Waals surface area contributed by atoms with E-state index in [9.17, 15) is 4.79 Å². The first-order valence-corrected chi connectivity index (χ1v) is 7.07.